The zero-order valence-corrected chi connectivity index (χ0v) is 12.7. The summed E-state index contributed by atoms with van der Waals surface area (Å²) >= 11 is 0. The molecule has 0 bridgehead atoms. The molecular formula is C16H25FN2O. The van der Waals surface area contributed by atoms with Crippen LogP contribution in [0.15, 0.2) is 18.2 Å². The van der Waals surface area contributed by atoms with E-state index < -0.39 is 0 Å². The van der Waals surface area contributed by atoms with Gasteiger partial charge in [0.2, 0.25) is 0 Å². The number of nitrogens with one attached hydrogen (secondary N) is 1. The van der Waals surface area contributed by atoms with Crippen LogP contribution in [0.2, 0.25) is 0 Å². The Balaban J connectivity index is 2.40. The molecule has 0 aromatic heterocycles. The van der Waals surface area contributed by atoms with Gasteiger partial charge in [-0.05, 0) is 18.1 Å². The van der Waals surface area contributed by atoms with Crippen LogP contribution in [0.4, 0.5) is 4.39 Å². The van der Waals surface area contributed by atoms with Crippen LogP contribution < -0.4 is 10.1 Å². The SMILES string of the molecule is CCC(C)[C@@H](c1c(F)cccc1OC)N1CCNCC1. The van der Waals surface area contributed by atoms with Crippen LogP contribution in [0.1, 0.15) is 31.9 Å². The van der Waals surface area contributed by atoms with Crippen molar-refractivity contribution < 1.29 is 9.13 Å². The van der Waals surface area contributed by atoms with Crippen molar-refractivity contribution in [2.45, 2.75) is 26.3 Å². The molecule has 1 aromatic rings. The lowest BCUT2D eigenvalue weighted by molar-refractivity contribution is 0.123. The summed E-state index contributed by atoms with van der Waals surface area (Å²) in [5.74, 6) is 0.890. The third-order valence-electron chi connectivity index (χ3n) is 4.26. The largest absolute Gasteiger partial charge is 0.496 e. The van der Waals surface area contributed by atoms with Gasteiger partial charge in [-0.1, -0.05) is 26.3 Å². The van der Waals surface area contributed by atoms with Crippen molar-refractivity contribution in [3.05, 3.63) is 29.6 Å². The predicted octanol–water partition coefficient (Wildman–Crippen LogP) is 2.83. The van der Waals surface area contributed by atoms with E-state index in [-0.39, 0.29) is 11.9 Å². The third-order valence-corrected chi connectivity index (χ3v) is 4.26. The second-order valence-corrected chi connectivity index (χ2v) is 5.47. The summed E-state index contributed by atoms with van der Waals surface area (Å²) in [7, 11) is 1.61. The lowest BCUT2D eigenvalue weighted by Crippen LogP contribution is -2.46. The summed E-state index contributed by atoms with van der Waals surface area (Å²) in [6.45, 7) is 8.18. The first-order chi connectivity index (χ1) is 9.69. The van der Waals surface area contributed by atoms with Gasteiger partial charge in [0.1, 0.15) is 11.6 Å². The molecule has 0 radical (unpaired) electrons. The quantitative estimate of drug-likeness (QED) is 0.897. The van der Waals surface area contributed by atoms with E-state index in [4.69, 9.17) is 4.74 Å². The molecule has 0 saturated carbocycles. The molecule has 1 aliphatic rings. The zero-order valence-electron chi connectivity index (χ0n) is 12.7. The molecule has 0 spiro atoms. The summed E-state index contributed by atoms with van der Waals surface area (Å²) < 4.78 is 19.8. The lowest BCUT2D eigenvalue weighted by atomic mass is 9.89. The Hall–Kier alpha value is -1.13. The summed E-state index contributed by atoms with van der Waals surface area (Å²) in [6, 6.07) is 5.19. The first-order valence-corrected chi connectivity index (χ1v) is 7.46. The average molecular weight is 280 g/mol. The van der Waals surface area contributed by atoms with Crippen molar-refractivity contribution in [1.82, 2.24) is 10.2 Å². The minimum atomic E-state index is -0.159. The average Bonchev–Trinajstić information content (AvgIpc) is 2.50. The number of methoxy groups -OCH3 is 1. The van der Waals surface area contributed by atoms with Crippen LogP contribution in [0.25, 0.3) is 0 Å². The molecule has 1 saturated heterocycles. The van der Waals surface area contributed by atoms with Gasteiger partial charge in [-0.2, -0.15) is 0 Å². The van der Waals surface area contributed by atoms with E-state index in [1.165, 1.54) is 6.07 Å². The fraction of sp³-hybridized carbons (Fsp3) is 0.625. The van der Waals surface area contributed by atoms with Crippen LogP contribution in [-0.4, -0.2) is 38.2 Å². The van der Waals surface area contributed by atoms with Crippen molar-refractivity contribution in [2.75, 3.05) is 33.3 Å². The van der Waals surface area contributed by atoms with Crippen molar-refractivity contribution in [1.29, 1.82) is 0 Å². The second-order valence-electron chi connectivity index (χ2n) is 5.47. The van der Waals surface area contributed by atoms with Crippen molar-refractivity contribution in [2.24, 2.45) is 5.92 Å². The smallest absolute Gasteiger partial charge is 0.131 e. The molecule has 1 heterocycles. The van der Waals surface area contributed by atoms with Crippen LogP contribution in [0.5, 0.6) is 5.75 Å². The Kier molecular flexibility index (Phi) is 5.38. The Morgan fingerprint density at radius 2 is 2.05 bits per heavy atom. The number of nitrogens with zero attached hydrogens (tertiary/aromatic N) is 1. The molecule has 1 fully saturated rings. The summed E-state index contributed by atoms with van der Waals surface area (Å²) in [5.41, 5.74) is 0.714. The van der Waals surface area contributed by atoms with Crippen LogP contribution in [0, 0.1) is 11.7 Å². The molecule has 20 heavy (non-hydrogen) atoms. The maximum Gasteiger partial charge on any atom is 0.131 e. The molecule has 4 heteroatoms. The molecule has 2 atom stereocenters. The Morgan fingerprint density at radius 3 is 2.65 bits per heavy atom. The van der Waals surface area contributed by atoms with E-state index >= 15 is 0 Å². The van der Waals surface area contributed by atoms with Gasteiger partial charge in [0.25, 0.3) is 0 Å². The summed E-state index contributed by atoms with van der Waals surface area (Å²) in [6.07, 6.45) is 1.02. The fourth-order valence-corrected chi connectivity index (χ4v) is 2.99. The van der Waals surface area contributed by atoms with Gasteiger partial charge in [0, 0.05) is 37.8 Å². The van der Waals surface area contributed by atoms with E-state index in [1.807, 2.05) is 6.07 Å². The van der Waals surface area contributed by atoms with Crippen LogP contribution >= 0.6 is 0 Å². The number of hydrogen-bond acceptors (Lipinski definition) is 3. The predicted molar refractivity (Wildman–Crippen MR) is 79.6 cm³/mol. The molecule has 1 unspecified atom stereocenters. The number of benzene rings is 1. The first-order valence-electron chi connectivity index (χ1n) is 7.46. The molecule has 1 N–H and O–H groups in total. The van der Waals surface area contributed by atoms with Gasteiger partial charge in [-0.15, -0.1) is 0 Å². The molecule has 3 nitrogen and oxygen atoms in total. The number of piperazine rings is 1. The van der Waals surface area contributed by atoms with E-state index in [1.54, 1.807) is 13.2 Å². The summed E-state index contributed by atoms with van der Waals surface area (Å²) in [4.78, 5) is 2.38. The van der Waals surface area contributed by atoms with Gasteiger partial charge in [-0.25, -0.2) is 4.39 Å². The number of halogens is 1. The highest BCUT2D eigenvalue weighted by atomic mass is 19.1. The minimum absolute atomic E-state index is 0.0817. The molecule has 1 aliphatic heterocycles. The molecular weight excluding hydrogens is 255 g/mol. The number of ether oxygens (including phenoxy) is 1. The minimum Gasteiger partial charge on any atom is -0.496 e. The number of hydrogen-bond donors (Lipinski definition) is 1. The van der Waals surface area contributed by atoms with Gasteiger partial charge in [0.15, 0.2) is 0 Å². The third kappa shape index (κ3) is 3.13. The standard InChI is InChI=1S/C16H25FN2O/c1-4-12(2)16(19-10-8-18-9-11-19)15-13(17)6-5-7-14(15)20-3/h5-7,12,16,18H,4,8-11H2,1-3H3/t12?,16-/m0/s1. The normalized spacial score (nSPS) is 19.6. The molecule has 112 valence electrons. The highest BCUT2D eigenvalue weighted by Crippen LogP contribution is 2.37. The Labute approximate surface area is 121 Å². The van der Waals surface area contributed by atoms with Gasteiger partial charge in [-0.3, -0.25) is 4.90 Å². The zero-order chi connectivity index (χ0) is 14.5. The maximum absolute atomic E-state index is 14.4. The summed E-state index contributed by atoms with van der Waals surface area (Å²) in [5, 5.41) is 3.35. The monoisotopic (exact) mass is 280 g/mol. The van der Waals surface area contributed by atoms with Gasteiger partial charge in [0.05, 0.1) is 7.11 Å². The number of rotatable bonds is 5. The fourth-order valence-electron chi connectivity index (χ4n) is 2.99. The molecule has 1 aromatic carbocycles. The molecule has 0 amide bonds. The van der Waals surface area contributed by atoms with Crippen LogP contribution in [0.3, 0.4) is 0 Å². The topological polar surface area (TPSA) is 24.5 Å². The van der Waals surface area contributed by atoms with Gasteiger partial charge < -0.3 is 10.1 Å². The molecule has 2 rings (SSSR count). The van der Waals surface area contributed by atoms with E-state index in [9.17, 15) is 4.39 Å². The highest BCUT2D eigenvalue weighted by Gasteiger charge is 2.31. The Bertz CT molecular complexity index is 432. The van der Waals surface area contributed by atoms with Crippen molar-refractivity contribution in [3.8, 4) is 5.75 Å². The van der Waals surface area contributed by atoms with E-state index in [2.05, 4.69) is 24.1 Å². The van der Waals surface area contributed by atoms with E-state index in [0.717, 1.165) is 32.6 Å². The highest BCUT2D eigenvalue weighted by molar-refractivity contribution is 5.37. The lowest BCUT2D eigenvalue weighted by Gasteiger charge is -2.39. The maximum atomic E-state index is 14.4. The Morgan fingerprint density at radius 1 is 1.35 bits per heavy atom. The van der Waals surface area contributed by atoms with E-state index in [0.29, 0.717) is 17.2 Å². The van der Waals surface area contributed by atoms with Gasteiger partial charge >= 0.3 is 0 Å². The van der Waals surface area contributed by atoms with Crippen molar-refractivity contribution >= 4 is 0 Å². The second kappa shape index (κ2) is 7.04. The van der Waals surface area contributed by atoms with Crippen LogP contribution in [-0.2, 0) is 0 Å². The first kappa shape index (κ1) is 15.3. The molecule has 0 aliphatic carbocycles. The van der Waals surface area contributed by atoms with Crippen molar-refractivity contribution in [3.63, 3.8) is 0 Å².